The smallest absolute Gasteiger partial charge is 0.253 e. The molecule has 1 aromatic rings. The third kappa shape index (κ3) is 4.52. The molecular formula is C16H25N3O2. The molecule has 1 aromatic carbocycles. The summed E-state index contributed by atoms with van der Waals surface area (Å²) in [4.78, 5) is 16.6. The number of hydrogen-bond acceptors (Lipinski definition) is 4. The van der Waals surface area contributed by atoms with Crippen LogP contribution in [0.2, 0.25) is 0 Å². The highest BCUT2D eigenvalue weighted by Gasteiger charge is 2.19. The van der Waals surface area contributed by atoms with Crippen LogP contribution >= 0.6 is 0 Å². The van der Waals surface area contributed by atoms with Gasteiger partial charge >= 0.3 is 0 Å². The number of carbonyl (C=O) groups is 1. The van der Waals surface area contributed by atoms with E-state index >= 15 is 0 Å². The summed E-state index contributed by atoms with van der Waals surface area (Å²) in [5.41, 5.74) is 7.44. The van der Waals surface area contributed by atoms with Gasteiger partial charge in [0, 0.05) is 31.7 Å². The largest absolute Gasteiger partial charge is 0.395 e. The van der Waals surface area contributed by atoms with Crippen LogP contribution in [-0.4, -0.2) is 66.7 Å². The van der Waals surface area contributed by atoms with Gasteiger partial charge in [-0.25, -0.2) is 0 Å². The Labute approximate surface area is 126 Å². The van der Waals surface area contributed by atoms with Crippen molar-refractivity contribution in [2.45, 2.75) is 12.8 Å². The molecule has 0 aromatic heterocycles. The summed E-state index contributed by atoms with van der Waals surface area (Å²) in [6, 6.07) is 7.75. The van der Waals surface area contributed by atoms with E-state index in [0.29, 0.717) is 13.1 Å². The lowest BCUT2D eigenvalue weighted by Crippen LogP contribution is -2.35. The quantitative estimate of drug-likeness (QED) is 0.820. The highest BCUT2D eigenvalue weighted by molar-refractivity contribution is 5.94. The topological polar surface area (TPSA) is 69.8 Å². The maximum Gasteiger partial charge on any atom is 0.253 e. The van der Waals surface area contributed by atoms with Gasteiger partial charge in [-0.05, 0) is 43.6 Å². The molecule has 2 rings (SSSR count). The molecule has 21 heavy (non-hydrogen) atoms. The summed E-state index contributed by atoms with van der Waals surface area (Å²) in [5.74, 6) is 0.0974. The number of benzene rings is 1. The van der Waals surface area contributed by atoms with Crippen molar-refractivity contribution in [1.29, 1.82) is 0 Å². The van der Waals surface area contributed by atoms with Crippen molar-refractivity contribution in [3.63, 3.8) is 0 Å². The normalized spacial score (nSPS) is 16.8. The summed E-state index contributed by atoms with van der Waals surface area (Å²) >= 11 is 0. The molecule has 1 heterocycles. The Kier molecular flexibility index (Phi) is 6.17. The van der Waals surface area contributed by atoms with Gasteiger partial charge in [-0.2, -0.15) is 0 Å². The fourth-order valence-electron chi connectivity index (χ4n) is 2.70. The van der Waals surface area contributed by atoms with E-state index in [9.17, 15) is 4.79 Å². The molecular weight excluding hydrogens is 266 g/mol. The lowest BCUT2D eigenvalue weighted by Gasteiger charge is -2.21. The van der Waals surface area contributed by atoms with E-state index in [4.69, 9.17) is 10.8 Å². The monoisotopic (exact) mass is 291 g/mol. The van der Waals surface area contributed by atoms with Crippen LogP contribution in [0.3, 0.4) is 0 Å². The first kappa shape index (κ1) is 15.9. The van der Waals surface area contributed by atoms with E-state index in [-0.39, 0.29) is 12.5 Å². The van der Waals surface area contributed by atoms with Gasteiger partial charge in [0.2, 0.25) is 0 Å². The van der Waals surface area contributed by atoms with Crippen LogP contribution in [0.1, 0.15) is 22.3 Å². The second kappa shape index (κ2) is 8.12. The summed E-state index contributed by atoms with van der Waals surface area (Å²) in [5, 5.41) is 9.00. The molecule has 0 saturated carbocycles. The predicted molar refractivity (Wildman–Crippen MR) is 83.2 cm³/mol. The first-order valence-electron chi connectivity index (χ1n) is 7.66. The van der Waals surface area contributed by atoms with Crippen LogP contribution < -0.4 is 5.73 Å². The molecule has 1 aliphatic rings. The Morgan fingerprint density at radius 2 is 1.90 bits per heavy atom. The molecule has 0 atom stereocenters. The van der Waals surface area contributed by atoms with Crippen molar-refractivity contribution < 1.29 is 9.90 Å². The summed E-state index contributed by atoms with van der Waals surface area (Å²) < 4.78 is 0. The summed E-state index contributed by atoms with van der Waals surface area (Å²) in [6.07, 6.45) is 1.80. The standard InChI is InChI=1S/C16H25N3O2/c17-7-6-14-2-4-15(5-3-14)16(21)19-9-1-8-18(10-11-19)12-13-20/h2-5,20H,1,6-13,17H2. The van der Waals surface area contributed by atoms with Crippen LogP contribution in [0, 0.1) is 0 Å². The van der Waals surface area contributed by atoms with E-state index in [2.05, 4.69) is 4.90 Å². The minimum atomic E-state index is 0.0974. The number of β-amino-alcohol motifs (C(OH)–C–C–N with tert-alkyl or cyclic N) is 1. The highest BCUT2D eigenvalue weighted by atomic mass is 16.3. The lowest BCUT2D eigenvalue weighted by atomic mass is 10.1. The van der Waals surface area contributed by atoms with Crippen molar-refractivity contribution in [2.24, 2.45) is 5.73 Å². The number of carbonyl (C=O) groups excluding carboxylic acids is 1. The van der Waals surface area contributed by atoms with E-state index in [0.717, 1.165) is 44.6 Å². The first-order chi connectivity index (χ1) is 10.2. The number of aliphatic hydroxyl groups excluding tert-OH is 1. The molecule has 1 amide bonds. The summed E-state index contributed by atoms with van der Waals surface area (Å²) in [6.45, 7) is 4.78. The van der Waals surface area contributed by atoms with Gasteiger partial charge in [0.15, 0.2) is 0 Å². The second-order valence-corrected chi connectivity index (χ2v) is 5.45. The molecule has 1 aliphatic heterocycles. The zero-order valence-electron chi connectivity index (χ0n) is 12.5. The molecule has 5 nitrogen and oxygen atoms in total. The van der Waals surface area contributed by atoms with Crippen LogP contribution in [0.5, 0.6) is 0 Å². The Morgan fingerprint density at radius 1 is 1.14 bits per heavy atom. The highest BCUT2D eigenvalue weighted by Crippen LogP contribution is 2.11. The van der Waals surface area contributed by atoms with Gasteiger partial charge in [0.05, 0.1) is 6.61 Å². The number of aliphatic hydroxyl groups is 1. The van der Waals surface area contributed by atoms with Crippen LogP contribution in [0.4, 0.5) is 0 Å². The van der Waals surface area contributed by atoms with E-state index in [1.54, 1.807) is 0 Å². The maximum atomic E-state index is 12.5. The second-order valence-electron chi connectivity index (χ2n) is 5.45. The van der Waals surface area contributed by atoms with Crippen molar-refractivity contribution in [1.82, 2.24) is 9.80 Å². The van der Waals surface area contributed by atoms with E-state index < -0.39 is 0 Å². The Bertz CT molecular complexity index is 447. The van der Waals surface area contributed by atoms with E-state index in [1.807, 2.05) is 29.2 Å². The van der Waals surface area contributed by atoms with Crippen molar-refractivity contribution in [3.05, 3.63) is 35.4 Å². The van der Waals surface area contributed by atoms with Crippen molar-refractivity contribution >= 4 is 5.91 Å². The SMILES string of the molecule is NCCc1ccc(C(=O)N2CCCN(CCO)CC2)cc1. The molecule has 0 bridgehead atoms. The molecule has 0 unspecified atom stereocenters. The predicted octanol–water partition coefficient (Wildman–Crippen LogP) is 0.328. The lowest BCUT2D eigenvalue weighted by molar-refractivity contribution is 0.0760. The fraction of sp³-hybridized carbons (Fsp3) is 0.562. The number of amides is 1. The Balaban J connectivity index is 1.95. The molecule has 0 radical (unpaired) electrons. The maximum absolute atomic E-state index is 12.5. The zero-order valence-corrected chi connectivity index (χ0v) is 12.5. The van der Waals surface area contributed by atoms with Crippen molar-refractivity contribution in [2.75, 3.05) is 45.9 Å². The molecule has 1 saturated heterocycles. The van der Waals surface area contributed by atoms with Gasteiger partial charge in [0.25, 0.3) is 5.91 Å². The van der Waals surface area contributed by atoms with Gasteiger partial charge in [-0.15, -0.1) is 0 Å². The average molecular weight is 291 g/mol. The average Bonchev–Trinajstić information content (AvgIpc) is 2.74. The number of hydrogen-bond donors (Lipinski definition) is 2. The third-order valence-corrected chi connectivity index (χ3v) is 3.93. The Hall–Kier alpha value is -1.43. The molecule has 0 spiro atoms. The van der Waals surface area contributed by atoms with Gasteiger partial charge in [-0.3, -0.25) is 9.69 Å². The fourth-order valence-corrected chi connectivity index (χ4v) is 2.70. The van der Waals surface area contributed by atoms with E-state index in [1.165, 1.54) is 5.56 Å². The molecule has 1 fully saturated rings. The molecule has 0 aliphatic carbocycles. The van der Waals surface area contributed by atoms with Gasteiger partial charge < -0.3 is 15.7 Å². The minimum absolute atomic E-state index is 0.0974. The number of rotatable bonds is 5. The molecule has 5 heteroatoms. The minimum Gasteiger partial charge on any atom is -0.395 e. The zero-order chi connectivity index (χ0) is 15.1. The van der Waals surface area contributed by atoms with Gasteiger partial charge in [0.1, 0.15) is 0 Å². The molecule has 3 N–H and O–H groups in total. The van der Waals surface area contributed by atoms with Crippen LogP contribution in [0.25, 0.3) is 0 Å². The van der Waals surface area contributed by atoms with Crippen molar-refractivity contribution in [3.8, 4) is 0 Å². The molecule has 116 valence electrons. The number of nitrogens with zero attached hydrogens (tertiary/aromatic N) is 2. The summed E-state index contributed by atoms with van der Waals surface area (Å²) in [7, 11) is 0. The number of nitrogens with two attached hydrogens (primary N) is 1. The third-order valence-electron chi connectivity index (χ3n) is 3.93. The Morgan fingerprint density at radius 3 is 2.57 bits per heavy atom. The van der Waals surface area contributed by atoms with Gasteiger partial charge in [-0.1, -0.05) is 12.1 Å². The first-order valence-corrected chi connectivity index (χ1v) is 7.66. The van der Waals surface area contributed by atoms with Crippen LogP contribution in [0.15, 0.2) is 24.3 Å². The van der Waals surface area contributed by atoms with Crippen LogP contribution in [-0.2, 0) is 6.42 Å².